The molecule has 1 heterocycles. The van der Waals surface area contributed by atoms with E-state index in [1.54, 1.807) is 26.1 Å². The third kappa shape index (κ3) is 2.73. The van der Waals surface area contributed by atoms with E-state index < -0.39 is 0 Å². The summed E-state index contributed by atoms with van der Waals surface area (Å²) in [6.45, 7) is 2.05. The van der Waals surface area contributed by atoms with Gasteiger partial charge in [-0.25, -0.2) is 4.39 Å². The van der Waals surface area contributed by atoms with E-state index in [4.69, 9.17) is 5.73 Å². The summed E-state index contributed by atoms with van der Waals surface area (Å²) in [6, 6.07) is 5.94. The summed E-state index contributed by atoms with van der Waals surface area (Å²) in [6.07, 6.45) is 0. The van der Waals surface area contributed by atoms with Crippen molar-refractivity contribution in [2.45, 2.75) is 13.5 Å². The Morgan fingerprint density at radius 1 is 1.42 bits per heavy atom. The van der Waals surface area contributed by atoms with E-state index in [0.717, 1.165) is 5.56 Å². The average molecular weight is 262 g/mol. The second kappa shape index (κ2) is 5.09. The van der Waals surface area contributed by atoms with Crippen LogP contribution in [0.5, 0.6) is 0 Å². The van der Waals surface area contributed by atoms with Gasteiger partial charge in [-0.3, -0.25) is 9.48 Å². The number of nitrogens with one attached hydrogen (secondary N) is 1. The monoisotopic (exact) mass is 262 g/mol. The van der Waals surface area contributed by atoms with Crippen molar-refractivity contribution in [3.63, 3.8) is 0 Å². The van der Waals surface area contributed by atoms with Gasteiger partial charge in [0, 0.05) is 13.6 Å². The fourth-order valence-electron chi connectivity index (χ4n) is 1.81. The van der Waals surface area contributed by atoms with Crippen LogP contribution in [-0.4, -0.2) is 15.7 Å². The summed E-state index contributed by atoms with van der Waals surface area (Å²) < 4.78 is 14.2. The van der Waals surface area contributed by atoms with E-state index in [9.17, 15) is 9.18 Å². The molecule has 0 saturated carbocycles. The normalized spacial score (nSPS) is 10.5. The third-order valence-corrected chi connectivity index (χ3v) is 2.85. The molecule has 1 amide bonds. The molecule has 0 atom stereocenters. The maximum absolute atomic E-state index is 12.7. The summed E-state index contributed by atoms with van der Waals surface area (Å²) in [5.74, 6) is -0.605. The Hall–Kier alpha value is -2.37. The molecule has 0 saturated heterocycles. The van der Waals surface area contributed by atoms with Crippen molar-refractivity contribution >= 4 is 11.6 Å². The Morgan fingerprint density at radius 2 is 2.05 bits per heavy atom. The lowest BCUT2D eigenvalue weighted by Gasteiger charge is -2.06. The summed E-state index contributed by atoms with van der Waals surface area (Å²) in [7, 11) is 1.66. The fourth-order valence-corrected chi connectivity index (χ4v) is 1.81. The molecule has 0 fully saturated rings. The highest BCUT2D eigenvalue weighted by atomic mass is 19.1. The molecule has 3 N–H and O–H groups in total. The van der Waals surface area contributed by atoms with Gasteiger partial charge in [-0.05, 0) is 24.6 Å². The molecular weight excluding hydrogens is 247 g/mol. The minimum Gasteiger partial charge on any atom is -0.395 e. The standard InChI is InChI=1S/C13H15FN4O/c1-8-11(15)12(18(2)17-8)13(19)16-7-9-3-5-10(14)6-4-9/h3-6H,7,15H2,1-2H3,(H,16,19). The Bertz CT molecular complexity index is 604. The van der Waals surface area contributed by atoms with Crippen LogP contribution in [0.1, 0.15) is 21.7 Å². The molecule has 5 nitrogen and oxygen atoms in total. The molecule has 0 aliphatic rings. The SMILES string of the molecule is Cc1nn(C)c(C(=O)NCc2ccc(F)cc2)c1N. The van der Waals surface area contributed by atoms with E-state index in [-0.39, 0.29) is 11.7 Å². The molecule has 6 heteroatoms. The van der Waals surface area contributed by atoms with Crippen LogP contribution in [0.2, 0.25) is 0 Å². The lowest BCUT2D eigenvalue weighted by molar-refractivity contribution is 0.0942. The first-order valence-corrected chi connectivity index (χ1v) is 5.80. The van der Waals surface area contributed by atoms with E-state index in [1.807, 2.05) is 0 Å². The van der Waals surface area contributed by atoms with Crippen molar-refractivity contribution in [1.29, 1.82) is 0 Å². The van der Waals surface area contributed by atoms with E-state index >= 15 is 0 Å². The van der Waals surface area contributed by atoms with Crippen molar-refractivity contribution in [3.05, 3.63) is 47.0 Å². The second-order valence-electron chi connectivity index (χ2n) is 4.28. The van der Waals surface area contributed by atoms with Crippen LogP contribution >= 0.6 is 0 Å². The number of nitrogens with two attached hydrogens (primary N) is 1. The Labute approximate surface area is 110 Å². The molecule has 2 rings (SSSR count). The molecule has 0 spiro atoms. The topological polar surface area (TPSA) is 72.9 Å². The predicted octanol–water partition coefficient (Wildman–Crippen LogP) is 1.38. The van der Waals surface area contributed by atoms with Gasteiger partial charge in [0.05, 0.1) is 11.4 Å². The van der Waals surface area contributed by atoms with Crippen LogP contribution in [0.3, 0.4) is 0 Å². The first-order valence-electron chi connectivity index (χ1n) is 5.80. The summed E-state index contributed by atoms with van der Waals surface area (Å²) in [5.41, 5.74) is 7.94. The maximum Gasteiger partial charge on any atom is 0.271 e. The number of halogens is 1. The maximum atomic E-state index is 12.7. The molecule has 0 bridgehead atoms. The van der Waals surface area contributed by atoms with Crippen molar-refractivity contribution < 1.29 is 9.18 Å². The van der Waals surface area contributed by atoms with Gasteiger partial charge >= 0.3 is 0 Å². The molecule has 100 valence electrons. The Kier molecular flexibility index (Phi) is 3.50. The van der Waals surface area contributed by atoms with Crippen molar-refractivity contribution in [3.8, 4) is 0 Å². The highest BCUT2D eigenvalue weighted by molar-refractivity contribution is 5.97. The second-order valence-corrected chi connectivity index (χ2v) is 4.28. The van der Waals surface area contributed by atoms with Gasteiger partial charge in [0.2, 0.25) is 0 Å². The predicted molar refractivity (Wildman–Crippen MR) is 69.9 cm³/mol. The zero-order valence-corrected chi connectivity index (χ0v) is 10.8. The molecule has 0 aliphatic carbocycles. The van der Waals surface area contributed by atoms with Gasteiger partial charge in [-0.2, -0.15) is 5.10 Å². The molecule has 0 unspecified atom stereocenters. The van der Waals surface area contributed by atoms with Crippen molar-refractivity contribution in [2.24, 2.45) is 7.05 Å². The fraction of sp³-hybridized carbons (Fsp3) is 0.231. The minimum absolute atomic E-state index is 0.301. The summed E-state index contributed by atoms with van der Waals surface area (Å²) in [5, 5.41) is 6.81. The Morgan fingerprint density at radius 3 is 2.58 bits per heavy atom. The van der Waals surface area contributed by atoms with Gasteiger partial charge in [-0.15, -0.1) is 0 Å². The average Bonchev–Trinajstić information content (AvgIpc) is 2.62. The van der Waals surface area contributed by atoms with Crippen molar-refractivity contribution in [2.75, 3.05) is 5.73 Å². The van der Waals surface area contributed by atoms with Crippen LogP contribution in [-0.2, 0) is 13.6 Å². The van der Waals surface area contributed by atoms with Gasteiger partial charge in [0.25, 0.3) is 5.91 Å². The van der Waals surface area contributed by atoms with Gasteiger partial charge in [-0.1, -0.05) is 12.1 Å². The third-order valence-electron chi connectivity index (χ3n) is 2.85. The van der Waals surface area contributed by atoms with Crippen LogP contribution in [0.4, 0.5) is 10.1 Å². The van der Waals surface area contributed by atoms with Crippen LogP contribution in [0, 0.1) is 12.7 Å². The molecular formula is C13H15FN4O. The number of hydrogen-bond acceptors (Lipinski definition) is 3. The number of nitrogen functional groups attached to an aromatic ring is 1. The van der Waals surface area contributed by atoms with Crippen LogP contribution in [0.15, 0.2) is 24.3 Å². The van der Waals surface area contributed by atoms with Crippen molar-refractivity contribution in [1.82, 2.24) is 15.1 Å². The lowest BCUT2D eigenvalue weighted by atomic mass is 10.2. The highest BCUT2D eigenvalue weighted by Crippen LogP contribution is 2.15. The first kappa shape index (κ1) is 13.1. The number of rotatable bonds is 3. The van der Waals surface area contributed by atoms with Gasteiger partial charge < -0.3 is 11.1 Å². The smallest absolute Gasteiger partial charge is 0.271 e. The molecule has 0 aliphatic heterocycles. The van der Waals surface area contributed by atoms with Crippen LogP contribution < -0.4 is 11.1 Å². The van der Waals surface area contributed by atoms with Crippen LogP contribution in [0.25, 0.3) is 0 Å². The number of aryl methyl sites for hydroxylation is 2. The van der Waals surface area contributed by atoms with Gasteiger partial charge in [0.15, 0.2) is 0 Å². The molecule has 0 radical (unpaired) electrons. The number of amides is 1. The zero-order chi connectivity index (χ0) is 14.0. The molecule has 1 aromatic heterocycles. The quantitative estimate of drug-likeness (QED) is 0.877. The molecule has 19 heavy (non-hydrogen) atoms. The van der Waals surface area contributed by atoms with E-state index in [2.05, 4.69) is 10.4 Å². The lowest BCUT2D eigenvalue weighted by Crippen LogP contribution is -2.26. The number of nitrogens with zero attached hydrogens (tertiary/aromatic N) is 2. The summed E-state index contributed by atoms with van der Waals surface area (Å²) in [4.78, 5) is 12.0. The zero-order valence-electron chi connectivity index (χ0n) is 10.8. The van der Waals surface area contributed by atoms with E-state index in [1.165, 1.54) is 16.8 Å². The number of anilines is 1. The number of hydrogen-bond donors (Lipinski definition) is 2. The number of benzene rings is 1. The Balaban J connectivity index is 2.07. The molecule has 1 aromatic carbocycles. The largest absolute Gasteiger partial charge is 0.395 e. The number of carbonyl (C=O) groups is 1. The first-order chi connectivity index (χ1) is 8.99. The van der Waals surface area contributed by atoms with Gasteiger partial charge in [0.1, 0.15) is 11.5 Å². The van der Waals surface area contributed by atoms with E-state index in [0.29, 0.717) is 23.6 Å². The molecule has 2 aromatic rings. The number of aromatic nitrogens is 2. The highest BCUT2D eigenvalue weighted by Gasteiger charge is 2.17. The number of carbonyl (C=O) groups excluding carboxylic acids is 1. The minimum atomic E-state index is -0.304. The summed E-state index contributed by atoms with van der Waals surface area (Å²) >= 11 is 0.